The van der Waals surface area contributed by atoms with Crippen LogP contribution in [-0.2, 0) is 19.4 Å². The van der Waals surface area contributed by atoms with Crippen LogP contribution in [0.2, 0.25) is 5.02 Å². The molecule has 0 unspecified atom stereocenters. The number of aromatic amines is 1. The van der Waals surface area contributed by atoms with Crippen LogP contribution in [0, 0.1) is 0 Å². The highest BCUT2D eigenvalue weighted by Crippen LogP contribution is 2.23. The Bertz CT molecular complexity index is 1670. The molecule has 0 spiro atoms. The number of H-pyrrole nitrogens is 1. The Labute approximate surface area is 225 Å². The topological polar surface area (TPSA) is 72.3 Å². The van der Waals surface area contributed by atoms with Crippen LogP contribution in [0.25, 0.3) is 34.0 Å². The van der Waals surface area contributed by atoms with Gasteiger partial charge in [-0.3, -0.25) is 0 Å². The molecule has 0 radical (unpaired) electrons. The molecule has 0 amide bonds. The summed E-state index contributed by atoms with van der Waals surface area (Å²) in [5.74, 6) is 0.733. The fraction of sp³-hybridized carbons (Fsp3) is 0.103. The van der Waals surface area contributed by atoms with E-state index in [1.807, 2.05) is 30.3 Å². The van der Waals surface area contributed by atoms with Crippen LogP contribution < -0.4 is 0 Å². The van der Waals surface area contributed by atoms with E-state index in [-0.39, 0.29) is 12.4 Å². The fourth-order valence-corrected chi connectivity index (χ4v) is 4.69. The molecule has 3 heterocycles. The molecule has 6 rings (SSSR count). The molecule has 184 valence electrons. The lowest BCUT2D eigenvalue weighted by Gasteiger charge is -2.10. The van der Waals surface area contributed by atoms with Gasteiger partial charge in [0, 0.05) is 29.6 Å². The minimum Gasteiger partial charge on any atom is -0.343 e. The number of aryl methyl sites for hydroxylation is 2. The number of hydrogen-bond acceptors (Lipinski definition) is 4. The first-order chi connectivity index (χ1) is 17.7. The fourth-order valence-electron chi connectivity index (χ4n) is 4.52. The molecule has 3 aromatic heterocycles. The molecule has 8 heteroatoms. The zero-order valence-electron chi connectivity index (χ0n) is 19.9. The summed E-state index contributed by atoms with van der Waals surface area (Å²) < 4.78 is 2.32. The summed E-state index contributed by atoms with van der Waals surface area (Å²) in [4.78, 5) is 4.70. The number of rotatable bonds is 7. The van der Waals surface area contributed by atoms with Crippen molar-refractivity contribution < 1.29 is 0 Å². The van der Waals surface area contributed by atoms with Gasteiger partial charge in [-0.05, 0) is 58.8 Å². The molecule has 1 N–H and O–H groups in total. The minimum atomic E-state index is 0. The normalized spacial score (nSPS) is 11.4. The van der Waals surface area contributed by atoms with Gasteiger partial charge in [0.05, 0.1) is 16.7 Å². The molecule has 37 heavy (non-hydrogen) atoms. The molecule has 0 aliphatic rings. The third kappa shape index (κ3) is 5.56. The summed E-state index contributed by atoms with van der Waals surface area (Å²) in [5.41, 5.74) is 6.72. The minimum absolute atomic E-state index is 0. The summed E-state index contributed by atoms with van der Waals surface area (Å²) in [6.07, 6.45) is 7.89. The van der Waals surface area contributed by atoms with Crippen LogP contribution in [0.1, 0.15) is 28.2 Å². The summed E-state index contributed by atoms with van der Waals surface area (Å²) in [7, 11) is 0. The lowest BCUT2D eigenvalue weighted by Crippen LogP contribution is -2.02. The Morgan fingerprint density at radius 2 is 1.73 bits per heavy atom. The van der Waals surface area contributed by atoms with Crippen molar-refractivity contribution in [2.45, 2.75) is 19.4 Å². The number of nitrogens with one attached hydrogen (secondary N) is 1. The molecule has 6 aromatic rings. The predicted octanol–water partition coefficient (Wildman–Crippen LogP) is 6.78. The Kier molecular flexibility index (Phi) is 7.30. The number of para-hydroxylation sites is 1. The molecular formula is C29H24Cl2N6. The quantitative estimate of drug-likeness (QED) is 0.248. The molecular weight excluding hydrogens is 503 g/mol. The van der Waals surface area contributed by atoms with E-state index in [0.717, 1.165) is 47.4 Å². The van der Waals surface area contributed by atoms with Crippen molar-refractivity contribution in [3.63, 3.8) is 0 Å². The van der Waals surface area contributed by atoms with Crippen molar-refractivity contribution in [1.29, 1.82) is 0 Å². The maximum atomic E-state index is 6.12. The molecule has 0 saturated heterocycles. The van der Waals surface area contributed by atoms with Crippen LogP contribution in [-0.4, -0.2) is 30.2 Å². The molecule has 3 aromatic carbocycles. The van der Waals surface area contributed by atoms with Crippen molar-refractivity contribution in [3.8, 4) is 0 Å². The molecule has 0 bridgehead atoms. The third-order valence-corrected chi connectivity index (χ3v) is 6.57. The number of halogens is 2. The summed E-state index contributed by atoms with van der Waals surface area (Å²) in [6, 6.07) is 27.1. The zero-order valence-corrected chi connectivity index (χ0v) is 21.5. The highest BCUT2D eigenvalue weighted by atomic mass is 35.5. The largest absolute Gasteiger partial charge is 0.343 e. The highest BCUT2D eigenvalue weighted by molar-refractivity contribution is 6.31. The molecule has 0 atom stereocenters. The van der Waals surface area contributed by atoms with E-state index < -0.39 is 0 Å². The number of pyridine rings is 1. The number of aromatic nitrogens is 6. The lowest BCUT2D eigenvalue weighted by atomic mass is 10.1. The van der Waals surface area contributed by atoms with Crippen molar-refractivity contribution in [2.24, 2.45) is 0 Å². The highest BCUT2D eigenvalue weighted by Gasteiger charge is 2.09. The van der Waals surface area contributed by atoms with Crippen LogP contribution in [0.15, 0.2) is 85.1 Å². The van der Waals surface area contributed by atoms with Gasteiger partial charge in [-0.1, -0.05) is 77.5 Å². The van der Waals surface area contributed by atoms with Crippen molar-refractivity contribution in [1.82, 2.24) is 30.2 Å². The second kappa shape index (κ2) is 10.9. The van der Waals surface area contributed by atoms with Crippen LogP contribution >= 0.6 is 24.0 Å². The van der Waals surface area contributed by atoms with E-state index in [2.05, 4.69) is 92.1 Å². The average Bonchev–Trinajstić information content (AvgIpc) is 3.57. The van der Waals surface area contributed by atoms with Crippen LogP contribution in [0.5, 0.6) is 0 Å². The average molecular weight is 527 g/mol. The van der Waals surface area contributed by atoms with Gasteiger partial charge in [-0.2, -0.15) is 5.21 Å². The van der Waals surface area contributed by atoms with Crippen molar-refractivity contribution in [3.05, 3.63) is 118 Å². The number of tetrazole rings is 1. The molecule has 6 nitrogen and oxygen atoms in total. The number of hydrogen-bond donors (Lipinski definition) is 1. The van der Waals surface area contributed by atoms with Crippen molar-refractivity contribution in [2.75, 3.05) is 0 Å². The van der Waals surface area contributed by atoms with Crippen LogP contribution in [0.4, 0.5) is 0 Å². The zero-order chi connectivity index (χ0) is 24.3. The predicted molar refractivity (Wildman–Crippen MR) is 152 cm³/mol. The number of fused-ring (bicyclic) bond motifs is 2. The van der Waals surface area contributed by atoms with Crippen LogP contribution in [0.3, 0.4) is 0 Å². The van der Waals surface area contributed by atoms with Gasteiger partial charge in [-0.25, -0.2) is 4.98 Å². The second-order valence-electron chi connectivity index (χ2n) is 8.77. The maximum Gasteiger partial charge on any atom is 0.174 e. The van der Waals surface area contributed by atoms with E-state index in [1.54, 1.807) is 0 Å². The molecule has 0 fully saturated rings. The van der Waals surface area contributed by atoms with Gasteiger partial charge >= 0.3 is 0 Å². The monoisotopic (exact) mass is 526 g/mol. The van der Waals surface area contributed by atoms with E-state index >= 15 is 0 Å². The SMILES string of the molecule is Cl.Clc1ccc2ccc(/C=C/c3ccc(Cn4ccc5cccc(CCc6nn[nH]n6)c54)cc3)nc2c1. The second-order valence-corrected chi connectivity index (χ2v) is 9.21. The summed E-state index contributed by atoms with van der Waals surface area (Å²) in [6.45, 7) is 0.805. The molecule has 0 saturated carbocycles. The summed E-state index contributed by atoms with van der Waals surface area (Å²) >= 11 is 6.12. The van der Waals surface area contributed by atoms with Gasteiger partial charge in [0.25, 0.3) is 0 Å². The van der Waals surface area contributed by atoms with Gasteiger partial charge in [-0.15, -0.1) is 22.6 Å². The molecule has 0 aliphatic heterocycles. The number of nitrogens with zero attached hydrogens (tertiary/aromatic N) is 5. The standard InChI is InChI=1S/C29H23ClN6.ClH/c30-25-12-9-22-10-14-26(31-27(22)18-25)13-8-20-4-6-21(7-5-20)19-36-17-16-24-3-1-2-23(29(24)36)11-15-28-32-34-35-33-28;/h1-10,12-14,16-18H,11,15,19H2,(H,32,33,34,35);1H/b13-8+;. The van der Waals surface area contributed by atoms with Gasteiger partial charge in [0.1, 0.15) is 0 Å². The lowest BCUT2D eigenvalue weighted by molar-refractivity contribution is 0.819. The molecule has 0 aliphatic carbocycles. The van der Waals surface area contributed by atoms with Crippen molar-refractivity contribution >= 4 is 58.0 Å². The number of benzene rings is 3. The van der Waals surface area contributed by atoms with Gasteiger partial charge in [0.2, 0.25) is 0 Å². The maximum absolute atomic E-state index is 6.12. The third-order valence-electron chi connectivity index (χ3n) is 6.33. The summed E-state index contributed by atoms with van der Waals surface area (Å²) in [5, 5.41) is 17.4. The first-order valence-electron chi connectivity index (χ1n) is 11.8. The Morgan fingerprint density at radius 1 is 0.865 bits per heavy atom. The first-order valence-corrected chi connectivity index (χ1v) is 12.2. The van der Waals surface area contributed by atoms with Gasteiger partial charge < -0.3 is 4.57 Å². The Balaban J connectivity index is 0.00000280. The van der Waals surface area contributed by atoms with E-state index in [9.17, 15) is 0 Å². The smallest absolute Gasteiger partial charge is 0.174 e. The van der Waals surface area contributed by atoms with Gasteiger partial charge in [0.15, 0.2) is 5.82 Å². The Hall–Kier alpha value is -4.00. The van der Waals surface area contributed by atoms with E-state index in [4.69, 9.17) is 16.6 Å². The Morgan fingerprint density at radius 3 is 2.57 bits per heavy atom. The first kappa shape index (κ1) is 24.7. The van der Waals surface area contributed by atoms with E-state index in [1.165, 1.54) is 22.0 Å². The van der Waals surface area contributed by atoms with E-state index in [0.29, 0.717) is 5.02 Å².